The molecule has 4 aromatic rings. The minimum atomic E-state index is -0.562. The molecule has 2 aromatic heterocycles. The minimum Gasteiger partial charge on any atom is -0.497 e. The summed E-state index contributed by atoms with van der Waals surface area (Å²) in [6.07, 6.45) is 2.51. The van der Waals surface area contributed by atoms with E-state index in [0.29, 0.717) is 41.5 Å². The lowest BCUT2D eigenvalue weighted by Gasteiger charge is -2.37. The summed E-state index contributed by atoms with van der Waals surface area (Å²) in [4.78, 5) is 24.5. The summed E-state index contributed by atoms with van der Waals surface area (Å²) < 4.78 is 5.42. The third-order valence-electron chi connectivity index (χ3n) is 8.50. The summed E-state index contributed by atoms with van der Waals surface area (Å²) in [5, 5.41) is 25.1. The minimum absolute atomic E-state index is 0.0400. The van der Waals surface area contributed by atoms with Crippen LogP contribution in [0, 0.1) is 0 Å². The van der Waals surface area contributed by atoms with Crippen molar-refractivity contribution in [1.29, 1.82) is 0 Å². The van der Waals surface area contributed by atoms with Crippen molar-refractivity contribution in [2.45, 2.75) is 42.6 Å². The highest BCUT2D eigenvalue weighted by Gasteiger charge is 2.65. The fraction of sp³-hybridized carbons (Fsp3) is 0.357. The second-order valence-corrected chi connectivity index (χ2v) is 11.4. The lowest BCUT2D eigenvalue weighted by molar-refractivity contribution is -0.118. The third-order valence-corrected chi connectivity index (χ3v) is 8.85. The van der Waals surface area contributed by atoms with Gasteiger partial charge in [0.1, 0.15) is 16.6 Å². The monoisotopic (exact) mass is 543 g/mol. The summed E-state index contributed by atoms with van der Waals surface area (Å²) in [6.45, 7) is 1.01. The number of nitrogens with zero attached hydrogens (tertiary/aromatic N) is 4. The molecule has 2 aliphatic carbocycles. The van der Waals surface area contributed by atoms with Gasteiger partial charge in [-0.25, -0.2) is 9.97 Å². The van der Waals surface area contributed by atoms with Crippen LogP contribution in [-0.2, 0) is 10.2 Å². The molecule has 2 saturated carbocycles. The molecule has 1 saturated heterocycles. The van der Waals surface area contributed by atoms with Crippen molar-refractivity contribution in [1.82, 2.24) is 20.2 Å². The molecule has 2 atom stereocenters. The van der Waals surface area contributed by atoms with Crippen LogP contribution in [-0.4, -0.2) is 57.5 Å². The van der Waals surface area contributed by atoms with Crippen molar-refractivity contribution in [3.63, 3.8) is 0 Å². The molecule has 2 aromatic carbocycles. The second-order valence-electron chi connectivity index (χ2n) is 11.0. The van der Waals surface area contributed by atoms with E-state index < -0.39 is 5.41 Å². The first-order chi connectivity index (χ1) is 18.9. The fourth-order valence-electron chi connectivity index (χ4n) is 6.06. The quantitative estimate of drug-likeness (QED) is 0.285. The van der Waals surface area contributed by atoms with Crippen molar-refractivity contribution in [2.75, 3.05) is 35.7 Å². The number of carbonyl (C=O) groups is 1. The van der Waals surface area contributed by atoms with Gasteiger partial charge in [0.15, 0.2) is 17.5 Å². The van der Waals surface area contributed by atoms with Crippen LogP contribution in [0.5, 0.6) is 5.75 Å². The van der Waals surface area contributed by atoms with E-state index in [2.05, 4.69) is 33.0 Å². The normalized spacial score (nSPS) is 23.6. The first-order valence-electron chi connectivity index (χ1n) is 13.2. The lowest BCUT2D eigenvalue weighted by Crippen LogP contribution is -2.51. The van der Waals surface area contributed by atoms with Gasteiger partial charge in [0.2, 0.25) is 5.91 Å². The molecule has 10 nitrogen and oxygen atoms in total. The molecule has 4 aliphatic rings. The van der Waals surface area contributed by atoms with Gasteiger partial charge in [-0.3, -0.25) is 9.89 Å². The SMILES string of the molecule is COc1ccc2c(c1)[C@]1(C[C@H]1c1ccc3c(Nc4nc(C5CC5)nc(N5CC(O)C5)c4Cl)n[nH]c3c1)C(=O)N2. The Morgan fingerprint density at radius 1 is 1.15 bits per heavy atom. The molecule has 11 heteroatoms. The van der Waals surface area contributed by atoms with Gasteiger partial charge in [-0.2, -0.15) is 5.10 Å². The molecule has 8 rings (SSSR count). The van der Waals surface area contributed by atoms with E-state index in [0.717, 1.165) is 58.6 Å². The van der Waals surface area contributed by atoms with E-state index in [-0.39, 0.29) is 17.9 Å². The zero-order chi connectivity index (χ0) is 26.5. The number of amides is 1. The maximum Gasteiger partial charge on any atom is 0.235 e. The molecular formula is C28H26ClN7O3. The number of aliphatic hydroxyl groups is 1. The summed E-state index contributed by atoms with van der Waals surface area (Å²) in [5.41, 5.74) is 3.24. The highest BCUT2D eigenvalue weighted by atomic mass is 35.5. The van der Waals surface area contributed by atoms with E-state index in [1.165, 1.54) is 0 Å². The smallest absolute Gasteiger partial charge is 0.235 e. The Balaban J connectivity index is 1.10. The summed E-state index contributed by atoms with van der Waals surface area (Å²) >= 11 is 6.75. The molecule has 1 spiro atoms. The molecule has 3 fully saturated rings. The maximum absolute atomic E-state index is 13.1. The maximum atomic E-state index is 13.1. The molecule has 2 aliphatic heterocycles. The number of β-amino-alcohol motifs (C(OH)–C–C–N with tert-alkyl or cyclic N) is 1. The Labute approximate surface area is 228 Å². The summed E-state index contributed by atoms with van der Waals surface area (Å²) in [5.74, 6) is 3.75. The van der Waals surface area contributed by atoms with Crippen molar-refractivity contribution in [3.8, 4) is 5.75 Å². The number of fused-ring (bicyclic) bond motifs is 3. The standard InChI is InChI=1S/C28H26ClN7O3/c1-39-16-5-7-20-18(9-16)28(27(38)30-20)10-19(28)14-4-6-17-21(8-14)34-35-24(17)32-25-22(29)26(36-11-15(37)12-36)33-23(31-25)13-2-3-13/h4-9,13,15,19,37H,2-3,10-12H2,1H3,(H,30,38)(H2,31,32,33,34,35)/t19-,28-/m0/s1. The first-order valence-corrected chi connectivity index (χ1v) is 13.6. The number of nitrogens with one attached hydrogen (secondary N) is 3. The molecule has 1 amide bonds. The fourth-order valence-corrected chi connectivity index (χ4v) is 6.31. The van der Waals surface area contributed by atoms with E-state index in [4.69, 9.17) is 26.3 Å². The average Bonchev–Trinajstić information content (AvgIpc) is 3.84. The van der Waals surface area contributed by atoms with E-state index in [1.54, 1.807) is 7.11 Å². The number of aromatic nitrogens is 4. The van der Waals surface area contributed by atoms with Crippen molar-refractivity contribution in [2.24, 2.45) is 0 Å². The molecule has 4 N–H and O–H groups in total. The first kappa shape index (κ1) is 23.0. The van der Waals surface area contributed by atoms with Gasteiger partial charge in [-0.15, -0.1) is 0 Å². The molecule has 0 bridgehead atoms. The van der Waals surface area contributed by atoms with Gasteiger partial charge >= 0.3 is 0 Å². The Bertz CT molecular complexity index is 1680. The van der Waals surface area contributed by atoms with E-state index >= 15 is 0 Å². The molecule has 0 unspecified atom stereocenters. The number of methoxy groups -OCH3 is 1. The Morgan fingerprint density at radius 3 is 2.77 bits per heavy atom. The van der Waals surface area contributed by atoms with Crippen LogP contribution in [0.3, 0.4) is 0 Å². The second kappa shape index (κ2) is 8.06. The summed E-state index contributed by atoms with van der Waals surface area (Å²) in [6, 6.07) is 11.9. The van der Waals surface area contributed by atoms with Crippen molar-refractivity contribution in [3.05, 3.63) is 58.4 Å². The molecule has 4 heterocycles. The van der Waals surface area contributed by atoms with Crippen molar-refractivity contribution >= 4 is 51.6 Å². The number of hydrogen-bond donors (Lipinski definition) is 4. The van der Waals surface area contributed by atoms with Crippen LogP contribution in [0.4, 0.5) is 23.1 Å². The predicted octanol–water partition coefficient (Wildman–Crippen LogP) is 4.19. The average molecular weight is 544 g/mol. The number of aliphatic hydroxyl groups excluding tert-OH is 1. The van der Waals surface area contributed by atoms with Gasteiger partial charge in [-0.05, 0) is 60.7 Å². The number of halogens is 1. The van der Waals surface area contributed by atoms with Crippen LogP contribution >= 0.6 is 11.6 Å². The molecule has 0 radical (unpaired) electrons. The lowest BCUT2D eigenvalue weighted by atomic mass is 9.91. The number of hydrogen-bond acceptors (Lipinski definition) is 8. The highest BCUT2D eigenvalue weighted by molar-refractivity contribution is 6.35. The van der Waals surface area contributed by atoms with Crippen LogP contribution in [0.25, 0.3) is 10.9 Å². The number of ether oxygens (including phenoxy) is 1. The van der Waals surface area contributed by atoms with Crippen LogP contribution in [0.15, 0.2) is 36.4 Å². The van der Waals surface area contributed by atoms with E-state index in [9.17, 15) is 9.90 Å². The van der Waals surface area contributed by atoms with Crippen LogP contribution < -0.4 is 20.3 Å². The highest BCUT2D eigenvalue weighted by Crippen LogP contribution is 2.65. The number of H-pyrrole nitrogens is 1. The summed E-state index contributed by atoms with van der Waals surface area (Å²) in [7, 11) is 1.64. The molecule has 198 valence electrons. The zero-order valence-electron chi connectivity index (χ0n) is 21.2. The Kier molecular flexibility index (Phi) is 4.76. The number of rotatable bonds is 6. The van der Waals surface area contributed by atoms with Gasteiger partial charge in [-0.1, -0.05) is 17.7 Å². The third kappa shape index (κ3) is 3.44. The van der Waals surface area contributed by atoms with Gasteiger partial charge in [0.05, 0.1) is 24.1 Å². The zero-order valence-corrected chi connectivity index (χ0v) is 21.9. The van der Waals surface area contributed by atoms with Gasteiger partial charge < -0.3 is 25.4 Å². The molecular weight excluding hydrogens is 518 g/mol. The Hall–Kier alpha value is -3.89. The van der Waals surface area contributed by atoms with Gasteiger partial charge in [0.25, 0.3) is 0 Å². The van der Waals surface area contributed by atoms with E-state index in [1.807, 2.05) is 29.2 Å². The number of aromatic amines is 1. The predicted molar refractivity (Wildman–Crippen MR) is 147 cm³/mol. The van der Waals surface area contributed by atoms with Crippen LogP contribution in [0.1, 0.15) is 48.0 Å². The number of benzene rings is 2. The number of anilines is 4. The topological polar surface area (TPSA) is 128 Å². The largest absolute Gasteiger partial charge is 0.497 e. The molecule has 39 heavy (non-hydrogen) atoms. The number of carbonyl (C=O) groups excluding carboxylic acids is 1. The van der Waals surface area contributed by atoms with Crippen molar-refractivity contribution < 1.29 is 14.6 Å². The van der Waals surface area contributed by atoms with Gasteiger partial charge in [0, 0.05) is 36.0 Å². The Morgan fingerprint density at radius 2 is 2.00 bits per heavy atom. The van der Waals surface area contributed by atoms with Crippen LogP contribution in [0.2, 0.25) is 5.02 Å².